The zero-order valence-electron chi connectivity index (χ0n) is 22.4. The standard InChI is InChI=1S/C30H39F2N3O3/c1-37-22-6-5-20-15-23-28-9-7-21(35(14-10-28)24(36)17-33-12-2-8-29(31,32)18-33)27-30(28,25(20)26(22)38-27)11-13-34(23)16-19-3-4-19/h5-6,19,21,23,27H,2-4,7-18H2,1H3/t21-,23-,27+,28-,30+/m1/s1. The molecule has 5 heterocycles. The van der Waals surface area contributed by atoms with Crippen LogP contribution in [-0.2, 0) is 16.6 Å². The second-order valence-electron chi connectivity index (χ2n) is 13.3. The van der Waals surface area contributed by atoms with Gasteiger partial charge in [-0.1, -0.05) is 6.07 Å². The van der Waals surface area contributed by atoms with E-state index < -0.39 is 5.92 Å². The molecular formula is C30H39F2N3O3. The number of rotatable bonds is 5. The van der Waals surface area contributed by atoms with Crippen LogP contribution in [-0.4, -0.2) is 91.1 Å². The number of hydrogen-bond donors (Lipinski definition) is 0. The molecule has 1 aromatic rings. The molecule has 3 aliphatic carbocycles. The lowest BCUT2D eigenvalue weighted by atomic mass is 9.42. The molecule has 4 saturated heterocycles. The van der Waals surface area contributed by atoms with Crippen LogP contribution in [0, 0.1) is 11.3 Å². The highest BCUT2D eigenvalue weighted by molar-refractivity contribution is 5.79. The smallest absolute Gasteiger partial charge is 0.260 e. The Balaban J connectivity index is 1.19. The van der Waals surface area contributed by atoms with E-state index >= 15 is 0 Å². The van der Waals surface area contributed by atoms with Crippen LogP contribution in [0.25, 0.3) is 0 Å². The molecule has 2 spiro atoms. The van der Waals surface area contributed by atoms with Gasteiger partial charge in [-0.3, -0.25) is 14.6 Å². The number of alkyl halides is 2. The van der Waals surface area contributed by atoms with Crippen LogP contribution in [0.1, 0.15) is 62.5 Å². The summed E-state index contributed by atoms with van der Waals surface area (Å²) >= 11 is 0. The number of piperidine rings is 2. The largest absolute Gasteiger partial charge is 0.493 e. The van der Waals surface area contributed by atoms with Crippen molar-refractivity contribution in [2.24, 2.45) is 11.3 Å². The highest BCUT2D eigenvalue weighted by Crippen LogP contribution is 2.71. The fraction of sp³-hybridized carbons (Fsp3) is 0.767. The summed E-state index contributed by atoms with van der Waals surface area (Å²) in [5, 5.41) is 0. The second-order valence-corrected chi connectivity index (χ2v) is 13.3. The van der Waals surface area contributed by atoms with Gasteiger partial charge in [-0.05, 0) is 82.0 Å². The van der Waals surface area contributed by atoms with Gasteiger partial charge >= 0.3 is 0 Å². The molecule has 0 N–H and O–H groups in total. The Morgan fingerprint density at radius 1 is 1.11 bits per heavy atom. The monoisotopic (exact) mass is 527 g/mol. The van der Waals surface area contributed by atoms with Crippen molar-refractivity contribution in [3.05, 3.63) is 23.3 Å². The van der Waals surface area contributed by atoms with Crippen molar-refractivity contribution in [1.82, 2.24) is 14.7 Å². The van der Waals surface area contributed by atoms with Gasteiger partial charge in [-0.25, -0.2) is 8.78 Å². The SMILES string of the molecule is COc1ccc2c3c1O[C@H]1[C@H]4CC[C@@]5(CCN4C(=O)CN4CCCC(F)(F)C4)[C@@H](C2)N(CC2CC2)CC[C@]315. The van der Waals surface area contributed by atoms with Crippen LogP contribution in [0.3, 0.4) is 0 Å². The molecule has 1 aromatic carbocycles. The number of fused-ring (bicyclic) bond motifs is 3. The topological polar surface area (TPSA) is 45.3 Å². The number of likely N-dealkylation sites (tertiary alicyclic amines) is 2. The average molecular weight is 528 g/mol. The Hall–Kier alpha value is -1.93. The van der Waals surface area contributed by atoms with E-state index in [1.54, 1.807) is 12.0 Å². The highest BCUT2D eigenvalue weighted by atomic mass is 19.3. The predicted octanol–water partition coefficient (Wildman–Crippen LogP) is 3.85. The molecule has 6 nitrogen and oxygen atoms in total. The van der Waals surface area contributed by atoms with Crippen molar-refractivity contribution < 1.29 is 23.0 Å². The summed E-state index contributed by atoms with van der Waals surface area (Å²) in [4.78, 5) is 20.4. The Morgan fingerprint density at radius 2 is 1.97 bits per heavy atom. The number of halogens is 2. The Bertz CT molecular complexity index is 1170. The molecule has 5 atom stereocenters. The van der Waals surface area contributed by atoms with Crippen LogP contribution in [0.2, 0.25) is 0 Å². The minimum absolute atomic E-state index is 0.00377. The molecule has 38 heavy (non-hydrogen) atoms. The third-order valence-electron chi connectivity index (χ3n) is 11.6. The molecule has 9 rings (SSSR count). The molecule has 2 saturated carbocycles. The predicted molar refractivity (Wildman–Crippen MR) is 138 cm³/mol. The van der Waals surface area contributed by atoms with Crippen molar-refractivity contribution in [2.45, 2.75) is 87.3 Å². The number of hydrogen-bond acceptors (Lipinski definition) is 5. The van der Waals surface area contributed by atoms with Gasteiger partial charge in [0, 0.05) is 41.9 Å². The number of nitrogens with zero attached hydrogens (tertiary/aromatic N) is 3. The third-order valence-corrected chi connectivity index (χ3v) is 11.6. The van der Waals surface area contributed by atoms with Gasteiger partial charge in [0.05, 0.1) is 26.2 Å². The summed E-state index contributed by atoms with van der Waals surface area (Å²) in [6, 6.07) is 4.77. The minimum atomic E-state index is -2.70. The molecular weight excluding hydrogens is 488 g/mol. The summed E-state index contributed by atoms with van der Waals surface area (Å²) in [5.74, 6) is -0.158. The second kappa shape index (κ2) is 8.06. The first-order chi connectivity index (χ1) is 18.4. The maximum absolute atomic E-state index is 14.1. The van der Waals surface area contributed by atoms with Crippen LogP contribution >= 0.6 is 0 Å². The van der Waals surface area contributed by atoms with E-state index in [0.717, 1.165) is 56.1 Å². The van der Waals surface area contributed by atoms with Gasteiger partial charge < -0.3 is 14.4 Å². The fourth-order valence-electron chi connectivity index (χ4n) is 9.91. The number of methoxy groups -OCH3 is 1. The van der Waals surface area contributed by atoms with Crippen LogP contribution < -0.4 is 9.47 Å². The lowest BCUT2D eigenvalue weighted by Gasteiger charge is -2.66. The van der Waals surface area contributed by atoms with Gasteiger partial charge in [-0.2, -0.15) is 0 Å². The van der Waals surface area contributed by atoms with Crippen LogP contribution in [0.4, 0.5) is 8.78 Å². The van der Waals surface area contributed by atoms with Gasteiger partial charge in [-0.15, -0.1) is 0 Å². The average Bonchev–Trinajstić information content (AvgIpc) is 3.67. The lowest BCUT2D eigenvalue weighted by molar-refractivity contribution is -0.146. The Kier molecular flexibility index (Phi) is 5.07. The van der Waals surface area contributed by atoms with E-state index in [9.17, 15) is 13.6 Å². The zero-order valence-corrected chi connectivity index (χ0v) is 22.4. The molecule has 8 aliphatic rings. The highest BCUT2D eigenvalue weighted by Gasteiger charge is 2.74. The number of ether oxygens (including phenoxy) is 2. The summed E-state index contributed by atoms with van der Waals surface area (Å²) in [7, 11) is 1.71. The van der Waals surface area contributed by atoms with E-state index in [1.807, 2.05) is 0 Å². The van der Waals surface area contributed by atoms with Crippen LogP contribution in [0.5, 0.6) is 11.5 Å². The number of carbonyl (C=O) groups is 1. The lowest BCUT2D eigenvalue weighted by Crippen LogP contribution is -2.72. The fourth-order valence-corrected chi connectivity index (χ4v) is 9.91. The summed E-state index contributed by atoms with van der Waals surface area (Å²) in [6.45, 7) is 3.33. The first kappa shape index (κ1) is 23.9. The van der Waals surface area contributed by atoms with Gasteiger partial charge in [0.2, 0.25) is 5.91 Å². The van der Waals surface area contributed by atoms with Gasteiger partial charge in [0.15, 0.2) is 11.5 Å². The van der Waals surface area contributed by atoms with Crippen molar-refractivity contribution >= 4 is 5.91 Å². The van der Waals surface area contributed by atoms with E-state index in [0.29, 0.717) is 25.6 Å². The minimum Gasteiger partial charge on any atom is -0.493 e. The van der Waals surface area contributed by atoms with E-state index in [-0.39, 0.29) is 48.4 Å². The maximum Gasteiger partial charge on any atom is 0.260 e. The summed E-state index contributed by atoms with van der Waals surface area (Å²) in [6.07, 6.45) is 8.07. The molecule has 4 bridgehead atoms. The van der Waals surface area contributed by atoms with Crippen LogP contribution in [0.15, 0.2) is 12.1 Å². The van der Waals surface area contributed by atoms with Gasteiger partial charge in [0.1, 0.15) is 6.10 Å². The molecule has 0 aromatic heterocycles. The van der Waals surface area contributed by atoms with E-state index in [1.165, 1.54) is 30.5 Å². The molecule has 1 amide bonds. The molecule has 6 fully saturated rings. The molecule has 206 valence electrons. The molecule has 0 unspecified atom stereocenters. The number of amides is 1. The quantitative estimate of drug-likeness (QED) is 0.582. The number of carbonyl (C=O) groups excluding carboxylic acids is 1. The van der Waals surface area contributed by atoms with Crippen molar-refractivity contribution in [3.8, 4) is 11.5 Å². The third kappa shape index (κ3) is 3.13. The first-order valence-electron chi connectivity index (χ1n) is 14.9. The molecule has 0 radical (unpaired) electrons. The van der Waals surface area contributed by atoms with Gasteiger partial charge in [0.25, 0.3) is 5.92 Å². The Morgan fingerprint density at radius 3 is 2.76 bits per heavy atom. The summed E-state index contributed by atoms with van der Waals surface area (Å²) < 4.78 is 41.1. The Labute approximate surface area is 223 Å². The maximum atomic E-state index is 14.1. The zero-order chi connectivity index (χ0) is 25.9. The van der Waals surface area contributed by atoms with Crippen molar-refractivity contribution in [1.29, 1.82) is 0 Å². The summed E-state index contributed by atoms with van der Waals surface area (Å²) in [5.41, 5.74) is 2.74. The number of benzene rings is 1. The first-order valence-corrected chi connectivity index (χ1v) is 14.9. The molecule has 5 aliphatic heterocycles. The normalized spacial score (nSPS) is 38.9. The van der Waals surface area contributed by atoms with Crippen molar-refractivity contribution in [2.75, 3.05) is 46.4 Å². The molecule has 8 heteroatoms. The van der Waals surface area contributed by atoms with Crippen molar-refractivity contribution in [3.63, 3.8) is 0 Å². The van der Waals surface area contributed by atoms with E-state index in [2.05, 4.69) is 21.9 Å². The van der Waals surface area contributed by atoms with E-state index in [4.69, 9.17) is 9.47 Å².